The number of nitrogens with one attached hydrogen (secondary N) is 1. The van der Waals surface area contributed by atoms with E-state index in [-0.39, 0.29) is 42.4 Å². The second-order valence-corrected chi connectivity index (χ2v) is 9.28. The van der Waals surface area contributed by atoms with Crippen molar-refractivity contribution >= 4 is 23.5 Å². The van der Waals surface area contributed by atoms with Crippen molar-refractivity contribution in [2.75, 3.05) is 11.5 Å². The number of esters is 1. The van der Waals surface area contributed by atoms with Gasteiger partial charge in [0.15, 0.2) is 5.69 Å². The van der Waals surface area contributed by atoms with E-state index in [2.05, 4.69) is 10.4 Å². The van der Waals surface area contributed by atoms with Gasteiger partial charge in [0.1, 0.15) is 11.2 Å². The second kappa shape index (κ2) is 9.00. The Morgan fingerprint density at radius 1 is 1.15 bits per heavy atom. The van der Waals surface area contributed by atoms with Gasteiger partial charge in [0.05, 0.1) is 13.2 Å². The summed E-state index contributed by atoms with van der Waals surface area (Å²) in [6.07, 6.45) is 5.25. The summed E-state index contributed by atoms with van der Waals surface area (Å²) in [7, 11) is 0. The number of rotatable bonds is 5. The highest BCUT2D eigenvalue weighted by Crippen LogP contribution is 2.34. The molecular formula is C25H32N4O4. The maximum Gasteiger partial charge on any atom is 0.358 e. The Morgan fingerprint density at radius 2 is 1.88 bits per heavy atom. The molecule has 176 valence electrons. The number of ether oxygens (including phenoxy) is 1. The zero-order valence-corrected chi connectivity index (χ0v) is 19.8. The number of hydrogen-bond acceptors (Lipinski definition) is 5. The average molecular weight is 453 g/mol. The van der Waals surface area contributed by atoms with Gasteiger partial charge in [-0.15, -0.1) is 0 Å². The highest BCUT2D eigenvalue weighted by Gasteiger charge is 2.49. The monoisotopic (exact) mass is 452 g/mol. The molecule has 1 atom stereocenters. The van der Waals surface area contributed by atoms with Crippen LogP contribution in [0.15, 0.2) is 24.3 Å². The molecule has 2 heterocycles. The Balaban J connectivity index is 1.76. The Kier molecular flexibility index (Phi) is 6.28. The van der Waals surface area contributed by atoms with Crippen LogP contribution in [0.3, 0.4) is 0 Å². The Hall–Kier alpha value is -3.16. The molecule has 2 aliphatic rings. The van der Waals surface area contributed by atoms with Gasteiger partial charge in [-0.05, 0) is 63.8 Å². The number of aryl methyl sites for hydroxylation is 2. The van der Waals surface area contributed by atoms with Crippen molar-refractivity contribution in [3.05, 3.63) is 46.8 Å². The van der Waals surface area contributed by atoms with Crippen molar-refractivity contribution in [2.45, 2.75) is 77.9 Å². The lowest BCUT2D eigenvalue weighted by molar-refractivity contribution is -0.127. The van der Waals surface area contributed by atoms with Gasteiger partial charge in [-0.3, -0.25) is 19.2 Å². The van der Waals surface area contributed by atoms with Crippen LogP contribution in [0.1, 0.15) is 78.1 Å². The summed E-state index contributed by atoms with van der Waals surface area (Å²) < 4.78 is 6.53. The van der Waals surface area contributed by atoms with Gasteiger partial charge in [-0.1, -0.05) is 25.3 Å². The minimum Gasteiger partial charge on any atom is -0.461 e. The molecule has 1 aliphatic heterocycles. The highest BCUT2D eigenvalue weighted by molar-refractivity contribution is 6.12. The first kappa shape index (κ1) is 23.0. The topological polar surface area (TPSA) is 93.5 Å². The van der Waals surface area contributed by atoms with Gasteiger partial charge >= 0.3 is 5.97 Å². The molecule has 8 nitrogen and oxygen atoms in total. The van der Waals surface area contributed by atoms with Crippen LogP contribution in [0.5, 0.6) is 0 Å². The fraction of sp³-hybridized carbons (Fsp3) is 0.520. The molecule has 2 aromatic rings. The molecule has 0 saturated heterocycles. The summed E-state index contributed by atoms with van der Waals surface area (Å²) in [5.74, 6) is -1.16. The van der Waals surface area contributed by atoms with E-state index in [1.54, 1.807) is 18.7 Å². The van der Waals surface area contributed by atoms with E-state index in [1.807, 2.05) is 32.0 Å². The zero-order valence-electron chi connectivity index (χ0n) is 19.8. The second-order valence-electron chi connectivity index (χ2n) is 9.28. The van der Waals surface area contributed by atoms with Crippen molar-refractivity contribution in [3.8, 4) is 0 Å². The number of carbonyl (C=O) groups is 3. The molecule has 1 aromatic carbocycles. The molecule has 0 bridgehead atoms. The lowest BCUT2D eigenvalue weighted by Crippen LogP contribution is -2.65. The first-order valence-electron chi connectivity index (χ1n) is 11.7. The van der Waals surface area contributed by atoms with Crippen LogP contribution < -0.4 is 10.2 Å². The molecule has 1 saturated carbocycles. The first-order valence-corrected chi connectivity index (χ1v) is 11.7. The maximum atomic E-state index is 13.8. The summed E-state index contributed by atoms with van der Waals surface area (Å²) in [4.78, 5) is 41.3. The standard InChI is InChI=1S/C25H32N4O4/c1-5-33-23(31)20-14-21-22(30)29(19-12-11-16(2)17(3)13-19)25(4,15-28(21)27-20)24(32)26-18-9-7-6-8-10-18/h11-14,18H,5-10,15H2,1-4H3,(H,26,32)/t25-/m1/s1. The van der Waals surface area contributed by atoms with Crippen LogP contribution in [-0.2, 0) is 16.1 Å². The summed E-state index contributed by atoms with van der Waals surface area (Å²) in [5, 5.41) is 7.51. The van der Waals surface area contributed by atoms with Crippen molar-refractivity contribution in [2.24, 2.45) is 0 Å². The number of benzene rings is 1. The number of hydrogen-bond donors (Lipinski definition) is 1. The molecule has 0 unspecified atom stereocenters. The number of carbonyl (C=O) groups excluding carboxylic acids is 3. The van der Waals surface area contributed by atoms with Crippen LogP contribution >= 0.6 is 0 Å². The molecule has 0 spiro atoms. The van der Waals surface area contributed by atoms with E-state index in [4.69, 9.17) is 4.74 Å². The van der Waals surface area contributed by atoms with Gasteiger partial charge in [-0.2, -0.15) is 5.10 Å². The molecule has 1 aromatic heterocycles. The van der Waals surface area contributed by atoms with E-state index in [9.17, 15) is 14.4 Å². The van der Waals surface area contributed by atoms with Crippen LogP contribution in [0.25, 0.3) is 0 Å². The van der Waals surface area contributed by atoms with E-state index >= 15 is 0 Å². The summed E-state index contributed by atoms with van der Waals surface area (Å²) in [6, 6.07) is 7.30. The molecule has 1 N–H and O–H groups in total. The predicted molar refractivity (Wildman–Crippen MR) is 124 cm³/mol. The predicted octanol–water partition coefficient (Wildman–Crippen LogP) is 3.54. The molecule has 4 rings (SSSR count). The SMILES string of the molecule is CCOC(=O)c1cc2n(n1)C[C@](C)(C(=O)NC1CCCCC1)N(c1ccc(C)c(C)c1)C2=O. The van der Waals surface area contributed by atoms with Crippen molar-refractivity contribution in [3.63, 3.8) is 0 Å². The van der Waals surface area contributed by atoms with Crippen LogP contribution in [0.4, 0.5) is 5.69 Å². The summed E-state index contributed by atoms with van der Waals surface area (Å²) >= 11 is 0. The van der Waals surface area contributed by atoms with Gasteiger partial charge in [-0.25, -0.2) is 4.79 Å². The first-order chi connectivity index (χ1) is 15.7. The Bertz CT molecular complexity index is 1090. The average Bonchev–Trinajstić information content (AvgIpc) is 3.21. The molecule has 1 fully saturated rings. The fourth-order valence-electron chi connectivity index (χ4n) is 4.74. The fourth-order valence-corrected chi connectivity index (χ4v) is 4.74. The molecular weight excluding hydrogens is 420 g/mol. The minimum atomic E-state index is -1.21. The molecule has 1 aliphatic carbocycles. The minimum absolute atomic E-state index is 0.0668. The number of anilines is 1. The quantitative estimate of drug-likeness (QED) is 0.701. The van der Waals surface area contributed by atoms with Crippen LogP contribution in [0, 0.1) is 13.8 Å². The van der Waals surface area contributed by atoms with Crippen LogP contribution in [-0.4, -0.2) is 45.8 Å². The smallest absolute Gasteiger partial charge is 0.358 e. The lowest BCUT2D eigenvalue weighted by Gasteiger charge is -2.44. The Labute approximate surface area is 194 Å². The van der Waals surface area contributed by atoms with E-state index < -0.39 is 11.5 Å². The van der Waals surface area contributed by atoms with E-state index in [0.29, 0.717) is 5.69 Å². The van der Waals surface area contributed by atoms with E-state index in [0.717, 1.165) is 36.8 Å². The van der Waals surface area contributed by atoms with Gasteiger partial charge in [0.2, 0.25) is 5.91 Å². The third-order valence-corrected chi connectivity index (χ3v) is 6.82. The van der Waals surface area contributed by atoms with Crippen molar-refractivity contribution in [1.29, 1.82) is 0 Å². The van der Waals surface area contributed by atoms with Crippen molar-refractivity contribution in [1.82, 2.24) is 15.1 Å². The summed E-state index contributed by atoms with van der Waals surface area (Å²) in [5.41, 5.74) is 1.90. The third-order valence-electron chi connectivity index (χ3n) is 6.82. The largest absolute Gasteiger partial charge is 0.461 e. The highest BCUT2D eigenvalue weighted by atomic mass is 16.5. The van der Waals surface area contributed by atoms with Crippen LogP contribution in [0.2, 0.25) is 0 Å². The number of aromatic nitrogens is 2. The zero-order chi connectivity index (χ0) is 23.8. The maximum absolute atomic E-state index is 13.8. The third kappa shape index (κ3) is 4.26. The normalized spacial score (nSPS) is 21.0. The van der Waals surface area contributed by atoms with Gasteiger partial charge < -0.3 is 10.1 Å². The molecule has 33 heavy (non-hydrogen) atoms. The lowest BCUT2D eigenvalue weighted by atomic mass is 9.91. The molecule has 2 amide bonds. The van der Waals surface area contributed by atoms with Crippen molar-refractivity contribution < 1.29 is 19.1 Å². The number of nitrogens with zero attached hydrogens (tertiary/aromatic N) is 3. The number of fused-ring (bicyclic) bond motifs is 1. The van der Waals surface area contributed by atoms with Gasteiger partial charge in [0.25, 0.3) is 5.91 Å². The summed E-state index contributed by atoms with van der Waals surface area (Å²) in [6.45, 7) is 7.83. The Morgan fingerprint density at radius 3 is 2.55 bits per heavy atom. The number of amides is 2. The van der Waals surface area contributed by atoms with E-state index in [1.165, 1.54) is 17.2 Å². The molecule has 0 radical (unpaired) electrons. The van der Waals surface area contributed by atoms with Gasteiger partial charge in [0, 0.05) is 17.8 Å². The molecule has 8 heteroatoms.